The van der Waals surface area contributed by atoms with Crippen LogP contribution in [0.2, 0.25) is 0 Å². The highest BCUT2D eigenvalue weighted by Crippen LogP contribution is 2.29. The number of amides is 1. The van der Waals surface area contributed by atoms with E-state index < -0.39 is 4.92 Å². The summed E-state index contributed by atoms with van der Waals surface area (Å²) < 4.78 is 0.654. The summed E-state index contributed by atoms with van der Waals surface area (Å²) in [6, 6.07) is 12.5. The topological polar surface area (TPSA) is 85.1 Å². The second-order valence-electron chi connectivity index (χ2n) is 7.12. The van der Waals surface area contributed by atoms with Gasteiger partial charge in [-0.3, -0.25) is 20.2 Å². The molecule has 138 valence electrons. The van der Waals surface area contributed by atoms with Gasteiger partial charge in [-0.2, -0.15) is 0 Å². The Bertz CT molecular complexity index is 1030. The molecule has 0 fully saturated rings. The molecule has 0 aliphatic rings. The number of thiazole rings is 1. The summed E-state index contributed by atoms with van der Waals surface area (Å²) in [5.41, 5.74) is 2.86. The van der Waals surface area contributed by atoms with Gasteiger partial charge in [0, 0.05) is 18.2 Å². The van der Waals surface area contributed by atoms with Crippen LogP contribution in [0.1, 0.15) is 31.9 Å². The maximum atomic E-state index is 12.1. The Labute approximate surface area is 160 Å². The number of non-ortho nitro benzene ring substituents is 1. The predicted octanol–water partition coefficient (Wildman–Crippen LogP) is 5.15. The third-order valence-corrected chi connectivity index (χ3v) is 4.95. The molecule has 3 rings (SSSR count). The Hall–Kier alpha value is -3.06. The molecule has 0 aliphatic heterocycles. The van der Waals surface area contributed by atoms with Crippen LogP contribution >= 0.6 is 11.3 Å². The molecule has 0 saturated carbocycles. The van der Waals surface area contributed by atoms with Crippen molar-refractivity contribution in [2.24, 2.45) is 0 Å². The van der Waals surface area contributed by atoms with Crippen molar-refractivity contribution in [1.29, 1.82) is 0 Å². The molecule has 3 aromatic rings. The number of benzene rings is 2. The minimum absolute atomic E-state index is 0.00243. The van der Waals surface area contributed by atoms with Crippen molar-refractivity contribution < 1.29 is 9.72 Å². The molecule has 1 N–H and O–H groups in total. The lowest BCUT2D eigenvalue weighted by atomic mass is 9.87. The van der Waals surface area contributed by atoms with Crippen LogP contribution < -0.4 is 5.32 Å². The van der Waals surface area contributed by atoms with Crippen LogP contribution in [-0.4, -0.2) is 15.8 Å². The van der Waals surface area contributed by atoms with Crippen LogP contribution in [0.5, 0.6) is 0 Å². The van der Waals surface area contributed by atoms with Crippen molar-refractivity contribution >= 4 is 44.4 Å². The fourth-order valence-electron chi connectivity index (χ4n) is 2.49. The first kappa shape index (κ1) is 18.7. The third kappa shape index (κ3) is 4.57. The van der Waals surface area contributed by atoms with Gasteiger partial charge in [0.15, 0.2) is 5.13 Å². The van der Waals surface area contributed by atoms with Crippen LogP contribution in [0.15, 0.2) is 48.5 Å². The number of aromatic nitrogens is 1. The molecule has 2 aromatic carbocycles. The fourth-order valence-corrected chi connectivity index (χ4v) is 3.40. The first-order chi connectivity index (χ1) is 12.7. The van der Waals surface area contributed by atoms with E-state index in [2.05, 4.69) is 43.2 Å². The smallest absolute Gasteiger partial charge is 0.270 e. The van der Waals surface area contributed by atoms with Gasteiger partial charge in [0.1, 0.15) is 0 Å². The van der Waals surface area contributed by atoms with Gasteiger partial charge in [0.05, 0.1) is 15.1 Å². The van der Waals surface area contributed by atoms with Crippen molar-refractivity contribution in [3.63, 3.8) is 0 Å². The lowest BCUT2D eigenvalue weighted by Crippen LogP contribution is -2.10. The van der Waals surface area contributed by atoms with Crippen LogP contribution in [0, 0.1) is 10.1 Å². The van der Waals surface area contributed by atoms with E-state index in [4.69, 9.17) is 0 Å². The first-order valence-electron chi connectivity index (χ1n) is 8.37. The Balaban J connectivity index is 1.69. The zero-order valence-electron chi connectivity index (χ0n) is 15.2. The summed E-state index contributed by atoms with van der Waals surface area (Å²) in [6.07, 6.45) is 3.18. The van der Waals surface area contributed by atoms with E-state index in [1.807, 2.05) is 12.1 Å². The van der Waals surface area contributed by atoms with E-state index in [-0.39, 0.29) is 17.0 Å². The number of nitrogens with zero attached hydrogens (tertiary/aromatic N) is 2. The Morgan fingerprint density at radius 2 is 1.89 bits per heavy atom. The van der Waals surface area contributed by atoms with Crippen molar-refractivity contribution in [1.82, 2.24) is 4.98 Å². The summed E-state index contributed by atoms with van der Waals surface area (Å²) in [5.74, 6) is -0.302. The van der Waals surface area contributed by atoms with Gasteiger partial charge in [-0.25, -0.2) is 4.98 Å². The highest BCUT2D eigenvalue weighted by Gasteiger charge is 2.13. The molecule has 0 atom stereocenters. The molecule has 7 heteroatoms. The third-order valence-electron chi connectivity index (χ3n) is 4.02. The molecule has 1 aromatic heterocycles. The number of hydrogen-bond donors (Lipinski definition) is 1. The molecule has 1 heterocycles. The molecule has 0 spiro atoms. The molecule has 0 radical (unpaired) electrons. The average Bonchev–Trinajstić information content (AvgIpc) is 3.00. The van der Waals surface area contributed by atoms with Gasteiger partial charge in [0.2, 0.25) is 5.91 Å². The van der Waals surface area contributed by atoms with Crippen molar-refractivity contribution in [3.05, 3.63) is 69.8 Å². The van der Waals surface area contributed by atoms with Gasteiger partial charge < -0.3 is 0 Å². The number of nitrogens with one attached hydrogen (secondary N) is 1. The summed E-state index contributed by atoms with van der Waals surface area (Å²) in [5, 5.41) is 13.9. The molecule has 0 unspecified atom stereocenters. The van der Waals surface area contributed by atoms with Crippen molar-refractivity contribution in [2.75, 3.05) is 5.32 Å². The van der Waals surface area contributed by atoms with Gasteiger partial charge in [0.25, 0.3) is 5.69 Å². The zero-order valence-corrected chi connectivity index (χ0v) is 16.0. The number of fused-ring (bicyclic) bond motifs is 1. The number of hydrogen-bond acceptors (Lipinski definition) is 5. The summed E-state index contributed by atoms with van der Waals surface area (Å²) in [4.78, 5) is 26.8. The van der Waals surface area contributed by atoms with E-state index in [0.717, 1.165) is 5.56 Å². The molecular formula is C20H19N3O3S. The summed E-state index contributed by atoms with van der Waals surface area (Å²) in [6.45, 7) is 6.45. The summed E-state index contributed by atoms with van der Waals surface area (Å²) >= 11 is 1.20. The van der Waals surface area contributed by atoms with E-state index in [9.17, 15) is 14.9 Å². The van der Waals surface area contributed by atoms with E-state index >= 15 is 0 Å². The molecule has 6 nitrogen and oxygen atoms in total. The second-order valence-corrected chi connectivity index (χ2v) is 8.15. The standard InChI is InChI=1S/C20H19N3O3S/c1-20(2,3)14-7-4-13(5-8-14)6-11-18(24)22-19-21-16-10-9-15(23(25)26)12-17(16)27-19/h4-12H,1-3H3,(H,21,22,24)/b11-6-. The highest BCUT2D eigenvalue weighted by atomic mass is 32.1. The van der Waals surface area contributed by atoms with E-state index in [1.165, 1.54) is 35.1 Å². The van der Waals surface area contributed by atoms with Crippen LogP contribution in [0.25, 0.3) is 16.3 Å². The van der Waals surface area contributed by atoms with Gasteiger partial charge in [-0.05, 0) is 28.7 Å². The minimum atomic E-state index is -0.453. The second kappa shape index (κ2) is 7.28. The fraction of sp³-hybridized carbons (Fsp3) is 0.200. The maximum absolute atomic E-state index is 12.1. The number of carbonyl (C=O) groups is 1. The number of nitro benzene ring substituents is 1. The average molecular weight is 381 g/mol. The SMILES string of the molecule is CC(C)(C)c1ccc(/C=C\C(=O)Nc2nc3ccc([N+](=O)[O-])cc3s2)cc1. The number of rotatable bonds is 4. The first-order valence-corrected chi connectivity index (χ1v) is 9.18. The molecule has 0 bridgehead atoms. The number of anilines is 1. The lowest BCUT2D eigenvalue weighted by molar-refractivity contribution is -0.384. The largest absolute Gasteiger partial charge is 0.298 e. The lowest BCUT2D eigenvalue weighted by Gasteiger charge is -2.18. The van der Waals surface area contributed by atoms with Gasteiger partial charge in [-0.1, -0.05) is 56.4 Å². The molecule has 0 aliphatic carbocycles. The quantitative estimate of drug-likeness (QED) is 0.384. The molecule has 0 saturated heterocycles. The van der Waals surface area contributed by atoms with Crippen LogP contribution in [0.4, 0.5) is 10.8 Å². The monoisotopic (exact) mass is 381 g/mol. The number of carbonyl (C=O) groups excluding carboxylic acids is 1. The maximum Gasteiger partial charge on any atom is 0.270 e. The van der Waals surface area contributed by atoms with Crippen LogP contribution in [-0.2, 0) is 10.2 Å². The van der Waals surface area contributed by atoms with Crippen molar-refractivity contribution in [3.8, 4) is 0 Å². The Morgan fingerprint density at radius 3 is 2.52 bits per heavy atom. The summed E-state index contributed by atoms with van der Waals surface area (Å²) in [7, 11) is 0. The molecular weight excluding hydrogens is 362 g/mol. The molecule has 27 heavy (non-hydrogen) atoms. The van der Waals surface area contributed by atoms with Gasteiger partial charge in [-0.15, -0.1) is 0 Å². The minimum Gasteiger partial charge on any atom is -0.298 e. The normalized spacial score (nSPS) is 11.8. The Kier molecular flexibility index (Phi) is 5.05. The van der Waals surface area contributed by atoms with E-state index in [0.29, 0.717) is 15.3 Å². The van der Waals surface area contributed by atoms with E-state index in [1.54, 1.807) is 12.1 Å². The number of nitro groups is 1. The zero-order chi connectivity index (χ0) is 19.6. The Morgan fingerprint density at radius 1 is 1.19 bits per heavy atom. The molecule has 1 amide bonds. The highest BCUT2D eigenvalue weighted by molar-refractivity contribution is 7.22. The van der Waals surface area contributed by atoms with Gasteiger partial charge >= 0.3 is 0 Å². The van der Waals surface area contributed by atoms with Crippen LogP contribution in [0.3, 0.4) is 0 Å². The predicted molar refractivity (Wildman–Crippen MR) is 109 cm³/mol. The van der Waals surface area contributed by atoms with Crippen molar-refractivity contribution in [2.45, 2.75) is 26.2 Å².